The average Bonchev–Trinajstić information content (AvgIpc) is 3.14. The van der Waals surface area contributed by atoms with Gasteiger partial charge in [-0.25, -0.2) is 4.39 Å². The Morgan fingerprint density at radius 3 is 2.62 bits per heavy atom. The Bertz CT molecular complexity index is 957. The van der Waals surface area contributed by atoms with Crippen LogP contribution in [0, 0.1) is 5.82 Å². The quantitative estimate of drug-likeness (QED) is 0.422. The van der Waals surface area contributed by atoms with Crippen molar-refractivity contribution in [2.24, 2.45) is 0 Å². The van der Waals surface area contributed by atoms with Crippen molar-refractivity contribution in [3.63, 3.8) is 0 Å². The molecule has 2 aromatic carbocycles. The fraction of sp³-hybridized carbons (Fsp3) is 0.227. The minimum absolute atomic E-state index is 0.0609. The number of benzene rings is 2. The van der Waals surface area contributed by atoms with Gasteiger partial charge in [-0.1, -0.05) is 55.1 Å². The number of hydrogen-bond donors (Lipinski definition) is 1. The number of nitrogens with zero attached hydrogens (tertiary/aromatic N) is 3. The Hall–Kier alpha value is -2.93. The molecule has 1 amide bonds. The molecule has 0 aliphatic carbocycles. The van der Waals surface area contributed by atoms with Gasteiger partial charge in [0.15, 0.2) is 11.0 Å². The van der Waals surface area contributed by atoms with E-state index in [-0.39, 0.29) is 23.4 Å². The van der Waals surface area contributed by atoms with Crippen LogP contribution in [-0.2, 0) is 11.3 Å². The van der Waals surface area contributed by atoms with Gasteiger partial charge in [0.25, 0.3) is 0 Å². The molecule has 0 saturated heterocycles. The predicted octanol–water partition coefficient (Wildman–Crippen LogP) is 4.28. The summed E-state index contributed by atoms with van der Waals surface area (Å²) >= 11 is 1.32. The maximum absolute atomic E-state index is 13.2. The van der Waals surface area contributed by atoms with Crippen molar-refractivity contribution >= 4 is 17.7 Å². The minimum atomic E-state index is -0.306. The third-order valence-electron chi connectivity index (χ3n) is 4.44. The van der Waals surface area contributed by atoms with Crippen LogP contribution in [0.1, 0.15) is 18.4 Å². The summed E-state index contributed by atoms with van der Waals surface area (Å²) in [7, 11) is 0. The first-order valence-corrected chi connectivity index (χ1v) is 10.3. The van der Waals surface area contributed by atoms with Crippen LogP contribution >= 0.6 is 11.8 Å². The standard InChI is InChI=1S/C22H23FN4OS/c1-3-13-27-21(18-9-11-19(23)12-10-18)25-26-22(27)29-15-20(28)24-14-16(2)17-7-5-4-6-8-17/h3-12,16H,1,13-15H2,2H3,(H,24,28)/t16-/m1/s1. The molecule has 0 bridgehead atoms. The second-order valence-electron chi connectivity index (χ2n) is 6.62. The van der Waals surface area contributed by atoms with Gasteiger partial charge < -0.3 is 5.32 Å². The first-order chi connectivity index (χ1) is 14.1. The molecule has 0 radical (unpaired) electrons. The van der Waals surface area contributed by atoms with Crippen LogP contribution in [-0.4, -0.2) is 33.0 Å². The van der Waals surface area contributed by atoms with Crippen LogP contribution in [0.2, 0.25) is 0 Å². The van der Waals surface area contributed by atoms with E-state index in [1.165, 1.54) is 29.5 Å². The molecule has 5 nitrogen and oxygen atoms in total. The third-order valence-corrected chi connectivity index (χ3v) is 5.40. The van der Waals surface area contributed by atoms with E-state index in [0.29, 0.717) is 24.1 Å². The monoisotopic (exact) mass is 410 g/mol. The molecule has 0 spiro atoms. The second-order valence-corrected chi connectivity index (χ2v) is 7.56. The summed E-state index contributed by atoms with van der Waals surface area (Å²) in [4.78, 5) is 12.3. The molecule has 0 unspecified atom stereocenters. The molecule has 0 fully saturated rings. The lowest BCUT2D eigenvalue weighted by atomic mass is 10.0. The lowest BCUT2D eigenvalue weighted by molar-refractivity contribution is -0.118. The summed E-state index contributed by atoms with van der Waals surface area (Å²) in [5.74, 6) is 0.721. The van der Waals surface area contributed by atoms with Crippen LogP contribution in [0.15, 0.2) is 72.4 Å². The summed E-state index contributed by atoms with van der Waals surface area (Å²) in [6.45, 7) is 6.92. The maximum Gasteiger partial charge on any atom is 0.230 e. The van der Waals surface area contributed by atoms with Gasteiger partial charge in [0.05, 0.1) is 5.75 Å². The smallest absolute Gasteiger partial charge is 0.230 e. The molecule has 3 rings (SSSR count). The predicted molar refractivity (Wildman–Crippen MR) is 114 cm³/mol. The first-order valence-electron chi connectivity index (χ1n) is 9.33. The molecule has 150 valence electrons. The number of allylic oxidation sites excluding steroid dienone is 1. The van der Waals surface area contributed by atoms with Crippen molar-refractivity contribution < 1.29 is 9.18 Å². The summed E-state index contributed by atoms with van der Waals surface area (Å²) in [5.41, 5.74) is 1.95. The Morgan fingerprint density at radius 2 is 1.93 bits per heavy atom. The topological polar surface area (TPSA) is 59.8 Å². The molecule has 0 aliphatic rings. The number of carbonyl (C=O) groups is 1. The summed E-state index contributed by atoms with van der Waals surface area (Å²) in [6, 6.07) is 16.2. The zero-order chi connectivity index (χ0) is 20.6. The fourth-order valence-corrected chi connectivity index (χ4v) is 3.63. The van der Waals surface area contributed by atoms with Crippen LogP contribution in [0.5, 0.6) is 0 Å². The molecule has 7 heteroatoms. The van der Waals surface area contributed by atoms with Crippen LogP contribution < -0.4 is 5.32 Å². The van der Waals surface area contributed by atoms with E-state index in [1.807, 2.05) is 22.8 Å². The lowest BCUT2D eigenvalue weighted by Crippen LogP contribution is -2.29. The van der Waals surface area contributed by atoms with E-state index >= 15 is 0 Å². The Kier molecular flexibility index (Phi) is 7.19. The number of aromatic nitrogens is 3. The van der Waals surface area contributed by atoms with Crippen molar-refractivity contribution in [3.8, 4) is 11.4 Å². The molecule has 1 heterocycles. The summed E-state index contributed by atoms with van der Waals surface area (Å²) < 4.78 is 15.1. The van der Waals surface area contributed by atoms with Gasteiger partial charge >= 0.3 is 0 Å². The zero-order valence-electron chi connectivity index (χ0n) is 16.2. The van der Waals surface area contributed by atoms with Gasteiger partial charge in [0, 0.05) is 18.7 Å². The van der Waals surface area contributed by atoms with E-state index in [1.54, 1.807) is 18.2 Å². The number of carbonyl (C=O) groups excluding carboxylic acids is 1. The molecular formula is C22H23FN4OS. The van der Waals surface area contributed by atoms with Crippen molar-refractivity contribution in [3.05, 3.63) is 78.6 Å². The maximum atomic E-state index is 13.2. The van der Waals surface area contributed by atoms with Gasteiger partial charge in [-0.15, -0.1) is 16.8 Å². The number of amides is 1. The van der Waals surface area contributed by atoms with Gasteiger partial charge in [0.1, 0.15) is 5.82 Å². The third kappa shape index (κ3) is 5.54. The highest BCUT2D eigenvalue weighted by atomic mass is 32.2. The molecule has 29 heavy (non-hydrogen) atoms. The van der Waals surface area contributed by atoms with Gasteiger partial charge in [-0.05, 0) is 35.7 Å². The second kappa shape index (κ2) is 10.0. The Morgan fingerprint density at radius 1 is 1.21 bits per heavy atom. The average molecular weight is 411 g/mol. The van der Waals surface area contributed by atoms with E-state index < -0.39 is 0 Å². The highest BCUT2D eigenvalue weighted by Crippen LogP contribution is 2.24. The number of halogens is 1. The highest BCUT2D eigenvalue weighted by molar-refractivity contribution is 7.99. The van der Waals surface area contributed by atoms with Gasteiger partial charge in [-0.3, -0.25) is 9.36 Å². The van der Waals surface area contributed by atoms with Crippen LogP contribution in [0.3, 0.4) is 0 Å². The molecule has 1 aromatic heterocycles. The number of nitrogens with one attached hydrogen (secondary N) is 1. The summed E-state index contributed by atoms with van der Waals surface area (Å²) in [6.07, 6.45) is 1.74. The van der Waals surface area contributed by atoms with E-state index in [2.05, 4.69) is 41.1 Å². The van der Waals surface area contributed by atoms with Crippen molar-refractivity contribution in [2.75, 3.05) is 12.3 Å². The van der Waals surface area contributed by atoms with E-state index in [4.69, 9.17) is 0 Å². The first kappa shape index (κ1) is 20.8. The van der Waals surface area contributed by atoms with Gasteiger partial charge in [0.2, 0.25) is 5.91 Å². The number of thioether (sulfide) groups is 1. The van der Waals surface area contributed by atoms with Gasteiger partial charge in [-0.2, -0.15) is 0 Å². The van der Waals surface area contributed by atoms with Crippen LogP contribution in [0.25, 0.3) is 11.4 Å². The zero-order valence-corrected chi connectivity index (χ0v) is 17.0. The van der Waals surface area contributed by atoms with Crippen molar-refractivity contribution in [1.82, 2.24) is 20.1 Å². The fourth-order valence-electron chi connectivity index (χ4n) is 2.85. The molecule has 1 atom stereocenters. The SMILES string of the molecule is C=CCn1c(SCC(=O)NC[C@@H](C)c2ccccc2)nnc1-c1ccc(F)cc1. The number of rotatable bonds is 9. The van der Waals surface area contributed by atoms with Crippen molar-refractivity contribution in [1.29, 1.82) is 0 Å². The van der Waals surface area contributed by atoms with Crippen molar-refractivity contribution in [2.45, 2.75) is 24.5 Å². The molecule has 3 aromatic rings. The highest BCUT2D eigenvalue weighted by Gasteiger charge is 2.15. The Balaban J connectivity index is 1.60. The lowest BCUT2D eigenvalue weighted by Gasteiger charge is -2.13. The normalized spacial score (nSPS) is 11.8. The largest absolute Gasteiger partial charge is 0.355 e. The molecule has 0 saturated carbocycles. The minimum Gasteiger partial charge on any atom is -0.355 e. The van der Waals surface area contributed by atoms with E-state index in [9.17, 15) is 9.18 Å². The summed E-state index contributed by atoms with van der Waals surface area (Å²) in [5, 5.41) is 12.0. The number of hydrogen-bond acceptors (Lipinski definition) is 4. The Labute approximate surface area is 174 Å². The van der Waals surface area contributed by atoms with Crippen LogP contribution in [0.4, 0.5) is 4.39 Å². The molecular weight excluding hydrogens is 387 g/mol. The molecule has 0 aliphatic heterocycles. The molecule has 1 N–H and O–H groups in total. The van der Waals surface area contributed by atoms with E-state index in [0.717, 1.165) is 5.56 Å².